The summed E-state index contributed by atoms with van der Waals surface area (Å²) < 4.78 is 7.74. The monoisotopic (exact) mass is 492 g/mol. The van der Waals surface area contributed by atoms with Crippen molar-refractivity contribution in [2.75, 3.05) is 0 Å². The molecule has 0 spiro atoms. The molecule has 0 saturated carbocycles. The lowest BCUT2D eigenvalue weighted by atomic mass is 10.1. The van der Waals surface area contributed by atoms with Crippen molar-refractivity contribution in [2.45, 2.75) is 0 Å². The second-order valence-electron chi connectivity index (χ2n) is 9.76. The molecule has 166 valence electrons. The van der Waals surface area contributed by atoms with Gasteiger partial charge in [-0.25, -0.2) is 0 Å². The zero-order valence-corrected chi connectivity index (χ0v) is 20.6. The number of aromatic nitrogens is 2. The highest BCUT2D eigenvalue weighted by molar-refractivity contribution is 7.29. The van der Waals surface area contributed by atoms with Crippen LogP contribution >= 0.6 is 22.7 Å². The van der Waals surface area contributed by atoms with E-state index in [9.17, 15) is 0 Å². The molecule has 0 aliphatic carbocycles. The molecule has 36 heavy (non-hydrogen) atoms. The predicted octanol–water partition coefficient (Wildman–Crippen LogP) is 9.78. The van der Waals surface area contributed by atoms with Crippen LogP contribution in [0.25, 0.3) is 84.6 Å². The van der Waals surface area contributed by atoms with E-state index >= 15 is 0 Å². The predicted molar refractivity (Wildman–Crippen MR) is 157 cm³/mol. The maximum Gasteiger partial charge on any atom is 0.0656 e. The van der Waals surface area contributed by atoms with Gasteiger partial charge in [0.25, 0.3) is 0 Å². The first-order valence-electron chi connectivity index (χ1n) is 12.2. The summed E-state index contributed by atoms with van der Waals surface area (Å²) in [6.07, 6.45) is 0. The first-order chi connectivity index (χ1) is 17.9. The van der Waals surface area contributed by atoms with Crippen molar-refractivity contribution in [2.24, 2.45) is 0 Å². The highest BCUT2D eigenvalue weighted by atomic mass is 32.1. The van der Waals surface area contributed by atoms with E-state index in [1.165, 1.54) is 84.6 Å². The molecule has 6 heterocycles. The molecule has 0 aliphatic rings. The van der Waals surface area contributed by atoms with E-state index in [0.29, 0.717) is 0 Å². The van der Waals surface area contributed by atoms with Crippen molar-refractivity contribution in [1.82, 2.24) is 8.80 Å². The Kier molecular flexibility index (Phi) is 3.02. The summed E-state index contributed by atoms with van der Waals surface area (Å²) in [6.45, 7) is 0. The molecule has 4 aromatic carbocycles. The van der Waals surface area contributed by atoms with Gasteiger partial charge in [-0.15, -0.1) is 22.7 Å². The number of hydrogen-bond donors (Lipinski definition) is 0. The minimum atomic E-state index is 1.30. The van der Waals surface area contributed by atoms with E-state index in [1.807, 2.05) is 22.7 Å². The molecule has 4 heteroatoms. The van der Waals surface area contributed by atoms with E-state index in [0.717, 1.165) is 0 Å². The quantitative estimate of drug-likeness (QED) is 0.216. The summed E-state index contributed by atoms with van der Waals surface area (Å²) in [6, 6.07) is 36.0. The topological polar surface area (TPSA) is 8.82 Å². The second kappa shape index (κ2) is 5.98. The Balaban J connectivity index is 1.31. The minimum Gasteiger partial charge on any atom is -0.307 e. The van der Waals surface area contributed by atoms with Gasteiger partial charge in [0.15, 0.2) is 0 Å². The number of nitrogens with zero attached hydrogens (tertiary/aromatic N) is 2. The fraction of sp³-hybridized carbons (Fsp3) is 0. The van der Waals surface area contributed by atoms with Crippen LogP contribution in [0.5, 0.6) is 0 Å². The summed E-state index contributed by atoms with van der Waals surface area (Å²) in [5, 5.41) is 8.10. The number of fused-ring (bicyclic) bond motifs is 12. The molecule has 2 nitrogen and oxygen atoms in total. The van der Waals surface area contributed by atoms with E-state index in [-0.39, 0.29) is 0 Å². The van der Waals surface area contributed by atoms with Gasteiger partial charge in [-0.05, 0) is 24.3 Å². The summed E-state index contributed by atoms with van der Waals surface area (Å²) >= 11 is 3.87. The van der Waals surface area contributed by atoms with Gasteiger partial charge >= 0.3 is 0 Å². The van der Waals surface area contributed by atoms with Gasteiger partial charge in [-0.2, -0.15) is 0 Å². The number of para-hydroxylation sites is 4. The van der Waals surface area contributed by atoms with E-state index in [4.69, 9.17) is 0 Å². The third-order valence-corrected chi connectivity index (χ3v) is 10.5. The molecule has 0 aliphatic heterocycles. The highest BCUT2D eigenvalue weighted by Gasteiger charge is 2.22. The van der Waals surface area contributed by atoms with E-state index in [1.54, 1.807) is 0 Å². The van der Waals surface area contributed by atoms with Crippen LogP contribution < -0.4 is 0 Å². The number of benzene rings is 4. The Labute approximate surface area is 212 Å². The fourth-order valence-corrected chi connectivity index (χ4v) is 9.04. The normalized spacial score (nSPS) is 13.0. The van der Waals surface area contributed by atoms with Gasteiger partial charge in [-0.3, -0.25) is 0 Å². The van der Waals surface area contributed by atoms with Crippen LogP contribution in [0.4, 0.5) is 0 Å². The lowest BCUT2D eigenvalue weighted by Gasteiger charge is -1.95. The molecule has 10 aromatic rings. The molecule has 0 unspecified atom stereocenters. The van der Waals surface area contributed by atoms with Crippen molar-refractivity contribution < 1.29 is 0 Å². The van der Waals surface area contributed by atoms with Crippen LogP contribution in [0, 0.1) is 0 Å². The summed E-state index contributed by atoms with van der Waals surface area (Å²) in [5.74, 6) is 0. The third kappa shape index (κ3) is 1.92. The molecule has 0 atom stereocenters. The van der Waals surface area contributed by atoms with Crippen LogP contribution in [0.2, 0.25) is 0 Å². The maximum absolute atomic E-state index is 2.48. The average molecular weight is 493 g/mol. The largest absolute Gasteiger partial charge is 0.307 e. The van der Waals surface area contributed by atoms with Gasteiger partial charge in [-0.1, -0.05) is 72.8 Å². The summed E-state index contributed by atoms with van der Waals surface area (Å²) in [5.41, 5.74) is 7.96. The molecule has 0 N–H and O–H groups in total. The Morgan fingerprint density at radius 2 is 0.806 bits per heavy atom. The molecule has 10 rings (SSSR count). The van der Waals surface area contributed by atoms with Crippen LogP contribution in [-0.4, -0.2) is 8.80 Å². The first kappa shape index (κ1) is 18.2. The number of hydrogen-bond acceptors (Lipinski definition) is 2. The van der Waals surface area contributed by atoms with Crippen LogP contribution in [-0.2, 0) is 0 Å². The molecule has 0 bridgehead atoms. The smallest absolute Gasteiger partial charge is 0.0656 e. The van der Waals surface area contributed by atoms with Crippen LogP contribution in [0.15, 0.2) is 97.1 Å². The lowest BCUT2D eigenvalue weighted by molar-refractivity contribution is 1.37. The van der Waals surface area contributed by atoms with Gasteiger partial charge < -0.3 is 8.80 Å². The van der Waals surface area contributed by atoms with Crippen molar-refractivity contribution in [3.05, 3.63) is 97.1 Å². The Morgan fingerprint density at radius 3 is 1.31 bits per heavy atom. The molecular weight excluding hydrogens is 477 g/mol. The highest BCUT2D eigenvalue weighted by Crippen LogP contribution is 2.48. The van der Waals surface area contributed by atoms with Gasteiger partial charge in [0.2, 0.25) is 0 Å². The summed E-state index contributed by atoms with van der Waals surface area (Å²) in [7, 11) is 0. The van der Waals surface area contributed by atoms with Crippen LogP contribution in [0.3, 0.4) is 0 Å². The van der Waals surface area contributed by atoms with Crippen molar-refractivity contribution in [3.8, 4) is 9.75 Å². The third-order valence-electron chi connectivity index (χ3n) is 8.03. The summed E-state index contributed by atoms with van der Waals surface area (Å²) in [4.78, 5) is 2.70. The Morgan fingerprint density at radius 1 is 0.389 bits per heavy atom. The lowest BCUT2D eigenvalue weighted by Crippen LogP contribution is -1.78. The zero-order valence-electron chi connectivity index (χ0n) is 18.9. The van der Waals surface area contributed by atoms with Crippen molar-refractivity contribution in [3.63, 3.8) is 0 Å². The van der Waals surface area contributed by atoms with E-state index in [2.05, 4.69) is 106 Å². The Bertz CT molecular complexity index is 2300. The number of rotatable bonds is 1. The second-order valence-corrected chi connectivity index (χ2v) is 11.9. The molecule has 0 saturated heterocycles. The number of thiophene rings is 2. The molecule has 6 aromatic heterocycles. The average Bonchev–Trinajstić information content (AvgIpc) is 3.73. The van der Waals surface area contributed by atoms with Crippen LogP contribution in [0.1, 0.15) is 0 Å². The van der Waals surface area contributed by atoms with E-state index < -0.39 is 0 Å². The van der Waals surface area contributed by atoms with Crippen molar-refractivity contribution in [1.29, 1.82) is 0 Å². The fourth-order valence-electron chi connectivity index (χ4n) is 6.63. The molecule has 0 amide bonds. The van der Waals surface area contributed by atoms with Gasteiger partial charge in [0, 0.05) is 42.1 Å². The maximum atomic E-state index is 2.48. The molecular formula is C32H16N2S2. The molecule has 0 radical (unpaired) electrons. The Hall–Kier alpha value is -4.12. The van der Waals surface area contributed by atoms with Crippen molar-refractivity contribution >= 4 is 97.5 Å². The van der Waals surface area contributed by atoms with Gasteiger partial charge in [0.1, 0.15) is 0 Å². The minimum absolute atomic E-state index is 1.30. The molecule has 0 fully saturated rings. The first-order valence-corrected chi connectivity index (χ1v) is 13.8. The SMILES string of the molecule is c1ccc2c(c1)c1cccc3c4sc(-c5cc6c(s5)c5cccc7c8ccccc8n6c75)cc4n2c13. The van der Waals surface area contributed by atoms with Gasteiger partial charge in [0.05, 0.1) is 42.5 Å². The standard InChI is InChI=1S/C32H16N2S2/c1-3-13-23-17(7-1)19-9-5-11-21-29(19)33(23)25-15-27(35-31(21)25)28-16-26-32(36-28)22-12-6-10-20-18-8-2-4-14-24(18)34(26)30(20)22/h1-16H. The zero-order chi connectivity index (χ0) is 23.1.